The zero-order valence-corrected chi connectivity index (χ0v) is 24.3. The highest BCUT2D eigenvalue weighted by molar-refractivity contribution is 7.22. The molecule has 3 aromatic carbocycles. The van der Waals surface area contributed by atoms with E-state index in [1.807, 2.05) is 61.6 Å². The van der Waals surface area contributed by atoms with E-state index < -0.39 is 17.2 Å². The summed E-state index contributed by atoms with van der Waals surface area (Å²) in [7, 11) is 1.98. The molecular weight excluding hydrogens is 561 g/mol. The van der Waals surface area contributed by atoms with Crippen LogP contribution in [0.25, 0.3) is 20.7 Å². The number of pyridine rings is 1. The second-order valence-electron chi connectivity index (χ2n) is 9.79. The molecule has 9 heteroatoms. The lowest BCUT2D eigenvalue weighted by atomic mass is 10.0. The molecule has 0 saturated heterocycles. The SMILES string of the molecule is CCOC(=O)c1cn(Cc2c(F)cccc2Cl)c2sc(-c3ccc(N)cc3)c(CN(C)Cc3ccccc3)c2c1=O. The van der Waals surface area contributed by atoms with Crippen molar-refractivity contribution in [1.82, 2.24) is 9.47 Å². The number of thiophene rings is 1. The normalized spacial score (nSPS) is 11.3. The van der Waals surface area contributed by atoms with Crippen molar-refractivity contribution in [2.45, 2.75) is 26.6 Å². The number of fused-ring (bicyclic) bond motifs is 1. The van der Waals surface area contributed by atoms with E-state index in [0.29, 0.717) is 29.0 Å². The van der Waals surface area contributed by atoms with Gasteiger partial charge in [0.05, 0.1) is 18.5 Å². The molecule has 0 atom stereocenters. The van der Waals surface area contributed by atoms with E-state index in [4.69, 9.17) is 22.1 Å². The lowest BCUT2D eigenvalue weighted by Gasteiger charge is -2.18. The maximum atomic E-state index is 14.9. The summed E-state index contributed by atoms with van der Waals surface area (Å²) in [5.74, 6) is -1.20. The first-order valence-electron chi connectivity index (χ1n) is 13.1. The Morgan fingerprint density at radius 1 is 1.02 bits per heavy atom. The van der Waals surface area contributed by atoms with E-state index in [9.17, 15) is 14.0 Å². The summed E-state index contributed by atoms with van der Waals surface area (Å²) >= 11 is 7.80. The molecule has 0 fully saturated rings. The minimum atomic E-state index is -0.725. The predicted octanol–water partition coefficient (Wildman–Crippen LogP) is 6.96. The second kappa shape index (κ2) is 12.3. The van der Waals surface area contributed by atoms with Crippen LogP contribution >= 0.6 is 22.9 Å². The van der Waals surface area contributed by atoms with Crippen LogP contribution in [0.5, 0.6) is 0 Å². The number of rotatable bonds is 9. The molecule has 0 aliphatic rings. The molecule has 2 aromatic heterocycles. The highest BCUT2D eigenvalue weighted by atomic mass is 35.5. The van der Waals surface area contributed by atoms with Gasteiger partial charge in [0.2, 0.25) is 5.43 Å². The van der Waals surface area contributed by atoms with Crippen molar-refractivity contribution in [3.63, 3.8) is 0 Å². The first kappa shape index (κ1) is 28.5. The summed E-state index contributed by atoms with van der Waals surface area (Å²) in [6.45, 7) is 2.90. The molecule has 2 heterocycles. The molecule has 0 unspecified atom stereocenters. The molecule has 6 nitrogen and oxygen atoms in total. The van der Waals surface area contributed by atoms with Gasteiger partial charge in [-0.25, -0.2) is 9.18 Å². The fourth-order valence-corrected chi connectivity index (χ4v) is 6.37. The molecule has 0 spiro atoms. The smallest absolute Gasteiger partial charge is 0.343 e. The number of nitrogen functional groups attached to an aromatic ring is 1. The summed E-state index contributed by atoms with van der Waals surface area (Å²) in [5, 5.41) is 0.660. The standard InChI is InChI=1S/C32H29ClFN3O3S/c1-3-40-32(39)25-19-37(18-23-26(33)10-7-11-27(23)34)31-28(29(25)38)24(17-36(2)16-20-8-5-4-6-9-20)30(41-31)21-12-14-22(35)15-13-21/h4-15,19H,3,16-18,35H2,1-2H3. The van der Waals surface area contributed by atoms with Crippen molar-refractivity contribution in [2.24, 2.45) is 0 Å². The Balaban J connectivity index is 1.74. The van der Waals surface area contributed by atoms with E-state index in [1.165, 1.54) is 29.7 Å². The van der Waals surface area contributed by atoms with E-state index in [0.717, 1.165) is 21.6 Å². The van der Waals surface area contributed by atoms with Crippen LogP contribution in [0.15, 0.2) is 83.8 Å². The third-order valence-electron chi connectivity index (χ3n) is 6.79. The third-order valence-corrected chi connectivity index (χ3v) is 8.46. The number of carbonyl (C=O) groups excluding carboxylic acids is 1. The number of benzene rings is 3. The van der Waals surface area contributed by atoms with E-state index in [2.05, 4.69) is 4.90 Å². The maximum absolute atomic E-state index is 14.9. The molecular formula is C32H29ClFN3O3S. The number of carbonyl (C=O) groups is 1. The fraction of sp³-hybridized carbons (Fsp3) is 0.188. The summed E-state index contributed by atoms with van der Waals surface area (Å²) < 4.78 is 21.9. The van der Waals surface area contributed by atoms with Crippen LogP contribution in [0, 0.1) is 5.82 Å². The molecule has 0 bridgehead atoms. The average molecular weight is 590 g/mol. The topological polar surface area (TPSA) is 77.6 Å². The van der Waals surface area contributed by atoms with E-state index >= 15 is 0 Å². The summed E-state index contributed by atoms with van der Waals surface area (Å²) in [5.41, 5.74) is 9.11. The van der Waals surface area contributed by atoms with Crippen LogP contribution in [0.3, 0.4) is 0 Å². The van der Waals surface area contributed by atoms with Gasteiger partial charge in [0.15, 0.2) is 0 Å². The first-order valence-corrected chi connectivity index (χ1v) is 14.3. The summed E-state index contributed by atoms with van der Waals surface area (Å²) in [4.78, 5) is 30.6. The fourth-order valence-electron chi connectivity index (χ4n) is 4.86. The molecule has 41 heavy (non-hydrogen) atoms. The molecule has 0 aliphatic heterocycles. The zero-order chi connectivity index (χ0) is 29.1. The first-order chi connectivity index (χ1) is 19.8. The number of ether oxygens (including phenoxy) is 1. The van der Waals surface area contributed by atoms with Crippen molar-refractivity contribution < 1.29 is 13.9 Å². The van der Waals surface area contributed by atoms with Crippen molar-refractivity contribution in [1.29, 1.82) is 0 Å². The maximum Gasteiger partial charge on any atom is 0.343 e. The van der Waals surface area contributed by atoms with Gasteiger partial charge in [0.1, 0.15) is 16.2 Å². The molecule has 0 radical (unpaired) electrons. The number of nitrogens with two attached hydrogens (primary N) is 1. The number of anilines is 1. The Bertz CT molecular complexity index is 1750. The van der Waals surface area contributed by atoms with Crippen LogP contribution in [0.2, 0.25) is 5.02 Å². The summed E-state index contributed by atoms with van der Waals surface area (Å²) in [6, 6.07) is 22.0. The number of halogens is 2. The molecule has 2 N–H and O–H groups in total. The largest absolute Gasteiger partial charge is 0.462 e. The van der Waals surface area contributed by atoms with Gasteiger partial charge >= 0.3 is 5.97 Å². The number of hydrogen-bond donors (Lipinski definition) is 1. The third kappa shape index (κ3) is 6.05. The molecule has 210 valence electrons. The Morgan fingerprint density at radius 3 is 2.44 bits per heavy atom. The predicted molar refractivity (Wildman–Crippen MR) is 164 cm³/mol. The van der Waals surface area contributed by atoms with Crippen LogP contribution in [0.1, 0.15) is 34.0 Å². The minimum absolute atomic E-state index is 0.0235. The van der Waals surface area contributed by atoms with Gasteiger partial charge in [-0.3, -0.25) is 9.69 Å². The van der Waals surface area contributed by atoms with Gasteiger partial charge < -0.3 is 15.0 Å². The molecule has 5 rings (SSSR count). The Morgan fingerprint density at radius 2 is 1.76 bits per heavy atom. The molecule has 0 saturated carbocycles. The van der Waals surface area contributed by atoms with Crippen LogP contribution < -0.4 is 11.2 Å². The van der Waals surface area contributed by atoms with Gasteiger partial charge in [-0.05, 0) is 54.9 Å². The lowest BCUT2D eigenvalue weighted by Crippen LogP contribution is -2.23. The second-order valence-corrected chi connectivity index (χ2v) is 11.2. The van der Waals surface area contributed by atoms with Crippen molar-refractivity contribution >= 4 is 44.8 Å². The summed E-state index contributed by atoms with van der Waals surface area (Å²) in [6.07, 6.45) is 1.45. The monoisotopic (exact) mass is 589 g/mol. The number of nitrogens with zero attached hydrogens (tertiary/aromatic N) is 2. The Labute approximate surface area is 246 Å². The zero-order valence-electron chi connectivity index (χ0n) is 22.7. The van der Waals surface area contributed by atoms with Crippen molar-refractivity contribution in [3.8, 4) is 10.4 Å². The number of esters is 1. The van der Waals surface area contributed by atoms with Gasteiger partial charge in [-0.1, -0.05) is 60.1 Å². The Kier molecular flexibility index (Phi) is 8.54. The minimum Gasteiger partial charge on any atom is -0.462 e. The molecule has 0 aliphatic carbocycles. The highest BCUT2D eigenvalue weighted by Crippen LogP contribution is 2.39. The van der Waals surface area contributed by atoms with Crippen molar-refractivity contribution in [3.05, 3.63) is 122 Å². The highest BCUT2D eigenvalue weighted by Gasteiger charge is 2.25. The Hall–Kier alpha value is -3.98. The van der Waals surface area contributed by atoms with E-state index in [-0.39, 0.29) is 29.3 Å². The van der Waals surface area contributed by atoms with E-state index in [1.54, 1.807) is 17.6 Å². The van der Waals surface area contributed by atoms with Gasteiger partial charge in [0.25, 0.3) is 0 Å². The number of aromatic nitrogens is 1. The quantitative estimate of drug-likeness (QED) is 0.148. The van der Waals surface area contributed by atoms with Crippen LogP contribution in [0.4, 0.5) is 10.1 Å². The lowest BCUT2D eigenvalue weighted by molar-refractivity contribution is 0.0524. The van der Waals surface area contributed by atoms with Gasteiger partial charge in [0, 0.05) is 40.4 Å². The van der Waals surface area contributed by atoms with Gasteiger partial charge in [-0.15, -0.1) is 11.3 Å². The van der Waals surface area contributed by atoms with Crippen LogP contribution in [-0.2, 0) is 24.4 Å². The van der Waals surface area contributed by atoms with Crippen LogP contribution in [-0.4, -0.2) is 29.1 Å². The molecule has 5 aromatic rings. The number of hydrogen-bond acceptors (Lipinski definition) is 6. The van der Waals surface area contributed by atoms with Crippen molar-refractivity contribution in [2.75, 3.05) is 19.4 Å². The van der Waals surface area contributed by atoms with Gasteiger partial charge in [-0.2, -0.15) is 0 Å². The molecule has 0 amide bonds. The average Bonchev–Trinajstić information content (AvgIpc) is 3.32.